The van der Waals surface area contributed by atoms with Crippen LogP contribution >= 0.6 is 0 Å². The Labute approximate surface area is 161 Å². The van der Waals surface area contributed by atoms with Crippen LogP contribution < -0.4 is 0 Å². The van der Waals surface area contributed by atoms with Crippen molar-refractivity contribution < 1.29 is 9.52 Å². The van der Waals surface area contributed by atoms with Crippen LogP contribution in [-0.2, 0) is 13.0 Å². The number of aliphatic hydroxyl groups is 1. The smallest absolute Gasteiger partial charge is 0.134 e. The zero-order valence-corrected chi connectivity index (χ0v) is 15.7. The molecule has 1 saturated heterocycles. The van der Waals surface area contributed by atoms with Crippen molar-refractivity contribution in [2.45, 2.75) is 25.8 Å². The number of rotatable bonds is 6. The standard InChI is InChI=1S/C24H27NO2/c26-19-24(17-20-7-2-1-3-8-20)12-14-25(15-13-24)18-21-9-4-5-10-22(21)23-11-6-16-27-23/h1-11,16,26H,12-15,17-19H2. The Bertz CT molecular complexity index is 834. The molecule has 2 aromatic carbocycles. The quantitative estimate of drug-likeness (QED) is 0.687. The molecule has 0 amide bonds. The molecular weight excluding hydrogens is 334 g/mol. The fraction of sp³-hybridized carbons (Fsp3) is 0.333. The summed E-state index contributed by atoms with van der Waals surface area (Å²) in [6, 6.07) is 23.0. The molecule has 3 nitrogen and oxygen atoms in total. The zero-order valence-electron chi connectivity index (χ0n) is 15.7. The van der Waals surface area contributed by atoms with Crippen LogP contribution in [0.25, 0.3) is 11.3 Å². The van der Waals surface area contributed by atoms with Crippen molar-refractivity contribution in [1.82, 2.24) is 4.90 Å². The van der Waals surface area contributed by atoms with Gasteiger partial charge in [0.15, 0.2) is 0 Å². The van der Waals surface area contributed by atoms with Gasteiger partial charge < -0.3 is 9.52 Å². The lowest BCUT2D eigenvalue weighted by atomic mass is 9.74. The molecule has 1 aliphatic heterocycles. The Hall–Kier alpha value is -2.36. The summed E-state index contributed by atoms with van der Waals surface area (Å²) >= 11 is 0. The minimum absolute atomic E-state index is 0.0123. The van der Waals surface area contributed by atoms with Gasteiger partial charge in [-0.1, -0.05) is 54.6 Å². The van der Waals surface area contributed by atoms with E-state index in [-0.39, 0.29) is 12.0 Å². The first-order valence-electron chi connectivity index (χ1n) is 9.77. The molecule has 0 bridgehead atoms. The van der Waals surface area contributed by atoms with Crippen molar-refractivity contribution in [1.29, 1.82) is 0 Å². The normalized spacial score (nSPS) is 17.1. The average Bonchev–Trinajstić information content (AvgIpc) is 3.25. The third kappa shape index (κ3) is 4.15. The maximum Gasteiger partial charge on any atom is 0.134 e. The van der Waals surface area contributed by atoms with Gasteiger partial charge in [-0.2, -0.15) is 0 Å². The fourth-order valence-electron chi connectivity index (χ4n) is 4.18. The molecule has 0 radical (unpaired) electrons. The van der Waals surface area contributed by atoms with E-state index in [0.29, 0.717) is 0 Å². The van der Waals surface area contributed by atoms with Gasteiger partial charge in [0.2, 0.25) is 0 Å². The Morgan fingerprint density at radius 3 is 2.33 bits per heavy atom. The van der Waals surface area contributed by atoms with Crippen molar-refractivity contribution in [3.8, 4) is 11.3 Å². The number of piperidine rings is 1. The van der Waals surface area contributed by atoms with Gasteiger partial charge in [0, 0.05) is 18.7 Å². The largest absolute Gasteiger partial charge is 0.464 e. The molecule has 0 saturated carbocycles. The maximum absolute atomic E-state index is 10.1. The van der Waals surface area contributed by atoms with E-state index < -0.39 is 0 Å². The molecular formula is C24H27NO2. The number of hydrogen-bond donors (Lipinski definition) is 1. The molecule has 1 N–H and O–H groups in total. The highest BCUT2D eigenvalue weighted by atomic mass is 16.3. The van der Waals surface area contributed by atoms with Crippen LogP contribution in [0.5, 0.6) is 0 Å². The third-order valence-corrected chi connectivity index (χ3v) is 5.87. The zero-order chi connectivity index (χ0) is 18.5. The van der Waals surface area contributed by atoms with Gasteiger partial charge in [-0.05, 0) is 61.0 Å². The molecule has 1 fully saturated rings. The van der Waals surface area contributed by atoms with E-state index in [1.807, 2.05) is 18.2 Å². The molecule has 0 atom stereocenters. The highest BCUT2D eigenvalue weighted by Gasteiger charge is 2.34. The van der Waals surface area contributed by atoms with Crippen molar-refractivity contribution in [3.05, 3.63) is 84.1 Å². The number of furan rings is 1. The molecule has 0 spiro atoms. The number of aliphatic hydroxyl groups excluding tert-OH is 1. The highest BCUT2D eigenvalue weighted by Crippen LogP contribution is 2.36. The minimum atomic E-state index is 0.0123. The van der Waals surface area contributed by atoms with Crippen LogP contribution in [0, 0.1) is 5.41 Å². The van der Waals surface area contributed by atoms with Crippen LogP contribution in [0.3, 0.4) is 0 Å². The third-order valence-electron chi connectivity index (χ3n) is 5.87. The van der Waals surface area contributed by atoms with Gasteiger partial charge in [-0.15, -0.1) is 0 Å². The molecule has 1 aliphatic rings. The topological polar surface area (TPSA) is 36.6 Å². The summed E-state index contributed by atoms with van der Waals surface area (Å²) in [7, 11) is 0. The summed E-state index contributed by atoms with van der Waals surface area (Å²) in [5.74, 6) is 0.927. The van der Waals surface area contributed by atoms with E-state index >= 15 is 0 Å². The first-order chi connectivity index (χ1) is 13.3. The Morgan fingerprint density at radius 1 is 0.889 bits per heavy atom. The first-order valence-corrected chi connectivity index (χ1v) is 9.77. The van der Waals surface area contributed by atoms with E-state index in [1.165, 1.54) is 16.7 Å². The van der Waals surface area contributed by atoms with Crippen LogP contribution in [0.2, 0.25) is 0 Å². The van der Waals surface area contributed by atoms with Crippen molar-refractivity contribution in [2.75, 3.05) is 19.7 Å². The summed E-state index contributed by atoms with van der Waals surface area (Å²) in [5, 5.41) is 10.1. The van der Waals surface area contributed by atoms with Crippen LogP contribution in [0.1, 0.15) is 24.0 Å². The lowest BCUT2D eigenvalue weighted by Gasteiger charge is -2.41. The number of nitrogens with zero attached hydrogens (tertiary/aromatic N) is 1. The van der Waals surface area contributed by atoms with Gasteiger partial charge >= 0.3 is 0 Å². The minimum Gasteiger partial charge on any atom is -0.464 e. The van der Waals surface area contributed by atoms with Crippen LogP contribution in [-0.4, -0.2) is 29.7 Å². The molecule has 0 unspecified atom stereocenters. The van der Waals surface area contributed by atoms with E-state index in [1.54, 1.807) is 6.26 Å². The average molecular weight is 361 g/mol. The van der Waals surface area contributed by atoms with Crippen LogP contribution in [0.4, 0.5) is 0 Å². The molecule has 3 heteroatoms. The second-order valence-corrected chi connectivity index (χ2v) is 7.73. The lowest BCUT2D eigenvalue weighted by molar-refractivity contribution is 0.0414. The second kappa shape index (κ2) is 8.12. The van der Waals surface area contributed by atoms with Crippen molar-refractivity contribution in [3.63, 3.8) is 0 Å². The van der Waals surface area contributed by atoms with Gasteiger partial charge in [0.25, 0.3) is 0 Å². The summed E-state index contributed by atoms with van der Waals surface area (Å²) in [6.45, 7) is 3.21. The monoisotopic (exact) mass is 361 g/mol. The number of likely N-dealkylation sites (tertiary alicyclic amines) is 1. The molecule has 2 heterocycles. The molecule has 3 aromatic rings. The predicted molar refractivity (Wildman–Crippen MR) is 108 cm³/mol. The fourth-order valence-corrected chi connectivity index (χ4v) is 4.18. The van der Waals surface area contributed by atoms with Crippen molar-refractivity contribution >= 4 is 0 Å². The molecule has 4 rings (SSSR count). The number of benzene rings is 2. The summed E-state index contributed by atoms with van der Waals surface area (Å²) in [4.78, 5) is 2.50. The number of hydrogen-bond acceptors (Lipinski definition) is 3. The van der Waals surface area contributed by atoms with Gasteiger partial charge in [-0.25, -0.2) is 0 Å². The molecule has 0 aliphatic carbocycles. The Morgan fingerprint density at radius 2 is 1.63 bits per heavy atom. The SMILES string of the molecule is OCC1(Cc2ccccc2)CCN(Cc2ccccc2-c2ccco2)CC1. The Kier molecular flexibility index (Phi) is 5.42. The second-order valence-electron chi connectivity index (χ2n) is 7.73. The van der Waals surface area contributed by atoms with E-state index in [9.17, 15) is 5.11 Å². The van der Waals surface area contributed by atoms with E-state index in [0.717, 1.165) is 44.7 Å². The summed E-state index contributed by atoms with van der Waals surface area (Å²) in [6.07, 6.45) is 4.75. The van der Waals surface area contributed by atoms with Gasteiger partial charge in [-0.3, -0.25) is 4.90 Å². The summed E-state index contributed by atoms with van der Waals surface area (Å²) < 4.78 is 5.61. The van der Waals surface area contributed by atoms with Gasteiger partial charge in [0.1, 0.15) is 5.76 Å². The first kappa shape index (κ1) is 18.0. The molecule has 140 valence electrons. The molecule has 1 aromatic heterocycles. The highest BCUT2D eigenvalue weighted by molar-refractivity contribution is 5.61. The lowest BCUT2D eigenvalue weighted by Crippen LogP contribution is -2.42. The van der Waals surface area contributed by atoms with E-state index in [4.69, 9.17) is 4.42 Å². The van der Waals surface area contributed by atoms with Gasteiger partial charge in [0.05, 0.1) is 6.26 Å². The summed E-state index contributed by atoms with van der Waals surface area (Å²) in [5.41, 5.74) is 3.80. The van der Waals surface area contributed by atoms with E-state index in [2.05, 4.69) is 53.4 Å². The molecule has 27 heavy (non-hydrogen) atoms. The predicted octanol–water partition coefficient (Wildman–Crippen LogP) is 4.76. The van der Waals surface area contributed by atoms with Crippen LogP contribution in [0.15, 0.2) is 77.4 Å². The Balaban J connectivity index is 1.43. The maximum atomic E-state index is 10.1. The van der Waals surface area contributed by atoms with Crippen molar-refractivity contribution in [2.24, 2.45) is 5.41 Å².